The van der Waals surface area contributed by atoms with Crippen LogP contribution in [-0.4, -0.2) is 27.1 Å². The lowest BCUT2D eigenvalue weighted by Gasteiger charge is -2.26. The third kappa shape index (κ3) is 2.40. The first-order valence-corrected chi connectivity index (χ1v) is 8.72. The Bertz CT molecular complexity index is 775. The molecule has 0 saturated carbocycles. The number of fused-ring (bicyclic) bond motifs is 1. The van der Waals surface area contributed by atoms with Crippen LogP contribution in [0.25, 0.3) is 0 Å². The maximum absolute atomic E-state index is 12.5. The number of hydrogen-bond acceptors (Lipinski definition) is 4. The number of nitrogens with zero attached hydrogens (tertiary/aromatic N) is 2. The fourth-order valence-electron chi connectivity index (χ4n) is 3.45. The molecule has 0 radical (unpaired) electrons. The molecule has 2 aromatic rings. The van der Waals surface area contributed by atoms with E-state index in [1.807, 2.05) is 37.3 Å². The smallest absolute Gasteiger partial charge is 0.351 e. The SMILES string of the molecule is CCc1c(OC)nc(=O)n2c1[C@](O)(c1ccccc1)C[C@H]2CBr. The average Bonchev–Trinajstić information content (AvgIpc) is 2.90. The standard InChI is InChI=1S/C17H19BrN2O3/c1-3-13-14-17(22,11-7-5-4-6-8-11)9-12(10-18)20(14)16(21)19-15(13)23-2/h4-8,12,22H,3,9-10H2,1-2H3/t12-,17+/m0/s1. The second kappa shape index (κ2) is 6.09. The Labute approximate surface area is 143 Å². The molecule has 5 nitrogen and oxygen atoms in total. The molecule has 0 unspecified atom stereocenters. The van der Waals surface area contributed by atoms with E-state index < -0.39 is 5.60 Å². The molecule has 2 atom stereocenters. The highest BCUT2D eigenvalue weighted by atomic mass is 79.9. The van der Waals surface area contributed by atoms with Crippen LogP contribution in [-0.2, 0) is 12.0 Å². The zero-order chi connectivity index (χ0) is 16.6. The van der Waals surface area contributed by atoms with Crippen molar-refractivity contribution in [2.75, 3.05) is 12.4 Å². The second-order valence-corrected chi connectivity index (χ2v) is 6.34. The van der Waals surface area contributed by atoms with Crippen molar-refractivity contribution in [2.24, 2.45) is 0 Å². The van der Waals surface area contributed by atoms with Gasteiger partial charge in [-0.2, -0.15) is 4.98 Å². The van der Waals surface area contributed by atoms with Gasteiger partial charge in [0.1, 0.15) is 5.60 Å². The van der Waals surface area contributed by atoms with Gasteiger partial charge < -0.3 is 9.84 Å². The molecule has 0 fully saturated rings. The molecule has 0 aliphatic carbocycles. The normalized spacial score (nSPS) is 22.9. The van der Waals surface area contributed by atoms with E-state index in [1.165, 1.54) is 7.11 Å². The lowest BCUT2D eigenvalue weighted by Crippen LogP contribution is -2.31. The molecule has 23 heavy (non-hydrogen) atoms. The van der Waals surface area contributed by atoms with Gasteiger partial charge in [-0.05, 0) is 12.0 Å². The monoisotopic (exact) mass is 378 g/mol. The maximum Gasteiger partial charge on any atom is 0.351 e. The minimum atomic E-state index is -1.22. The van der Waals surface area contributed by atoms with E-state index in [0.29, 0.717) is 29.7 Å². The van der Waals surface area contributed by atoms with Gasteiger partial charge in [0.2, 0.25) is 5.88 Å². The highest BCUT2D eigenvalue weighted by Crippen LogP contribution is 2.46. The molecule has 122 valence electrons. The van der Waals surface area contributed by atoms with Gasteiger partial charge in [-0.15, -0.1) is 0 Å². The van der Waals surface area contributed by atoms with Crippen molar-refractivity contribution in [3.8, 4) is 5.88 Å². The Hall–Kier alpha value is -1.66. The molecular weight excluding hydrogens is 360 g/mol. The topological polar surface area (TPSA) is 64.3 Å². The van der Waals surface area contributed by atoms with Crippen molar-refractivity contribution in [1.82, 2.24) is 9.55 Å². The number of hydrogen-bond donors (Lipinski definition) is 1. The van der Waals surface area contributed by atoms with Gasteiger partial charge >= 0.3 is 5.69 Å². The molecule has 1 aromatic carbocycles. The molecule has 2 heterocycles. The number of alkyl halides is 1. The minimum absolute atomic E-state index is 0.147. The number of halogens is 1. The predicted octanol–water partition coefficient (Wildman–Crippen LogP) is 2.39. The van der Waals surface area contributed by atoms with Crippen LogP contribution in [0.3, 0.4) is 0 Å². The van der Waals surface area contributed by atoms with Gasteiger partial charge in [0.25, 0.3) is 0 Å². The van der Waals surface area contributed by atoms with Gasteiger partial charge in [0, 0.05) is 17.3 Å². The van der Waals surface area contributed by atoms with Crippen LogP contribution < -0.4 is 10.4 Å². The van der Waals surface area contributed by atoms with Crippen LogP contribution >= 0.6 is 15.9 Å². The van der Waals surface area contributed by atoms with Crippen LogP contribution in [0.2, 0.25) is 0 Å². The van der Waals surface area contributed by atoms with Crippen LogP contribution in [0, 0.1) is 0 Å². The first-order valence-electron chi connectivity index (χ1n) is 7.60. The zero-order valence-corrected chi connectivity index (χ0v) is 14.7. The third-order valence-electron chi connectivity index (χ3n) is 4.45. The highest BCUT2D eigenvalue weighted by Gasteiger charge is 2.46. The second-order valence-electron chi connectivity index (χ2n) is 5.69. The average molecular weight is 379 g/mol. The van der Waals surface area contributed by atoms with Crippen LogP contribution in [0.4, 0.5) is 0 Å². The maximum atomic E-state index is 12.5. The summed E-state index contributed by atoms with van der Waals surface area (Å²) in [6.45, 7) is 1.97. The van der Waals surface area contributed by atoms with E-state index in [-0.39, 0.29) is 11.7 Å². The van der Waals surface area contributed by atoms with Gasteiger partial charge in [0.05, 0.1) is 18.8 Å². The van der Waals surface area contributed by atoms with Crippen LogP contribution in [0.15, 0.2) is 35.1 Å². The largest absolute Gasteiger partial charge is 0.481 e. The quantitative estimate of drug-likeness (QED) is 0.829. The molecular formula is C17H19BrN2O3. The van der Waals surface area contributed by atoms with Crippen molar-refractivity contribution >= 4 is 15.9 Å². The van der Waals surface area contributed by atoms with E-state index in [2.05, 4.69) is 20.9 Å². The lowest BCUT2D eigenvalue weighted by molar-refractivity contribution is 0.0776. The van der Waals surface area contributed by atoms with Gasteiger partial charge in [-0.1, -0.05) is 53.2 Å². The predicted molar refractivity (Wildman–Crippen MR) is 91.3 cm³/mol. The first kappa shape index (κ1) is 16.2. The summed E-state index contributed by atoms with van der Waals surface area (Å²) in [5.41, 5.74) is 0.555. The summed E-state index contributed by atoms with van der Waals surface area (Å²) in [6, 6.07) is 9.31. The molecule has 0 saturated heterocycles. The number of benzene rings is 1. The summed E-state index contributed by atoms with van der Waals surface area (Å²) < 4.78 is 6.91. The number of aliphatic hydroxyl groups is 1. The van der Waals surface area contributed by atoms with Crippen molar-refractivity contribution in [3.63, 3.8) is 0 Å². The molecule has 1 aliphatic rings. The third-order valence-corrected chi connectivity index (χ3v) is 5.20. The highest BCUT2D eigenvalue weighted by molar-refractivity contribution is 9.09. The van der Waals surface area contributed by atoms with Crippen molar-refractivity contribution in [2.45, 2.75) is 31.4 Å². The van der Waals surface area contributed by atoms with E-state index in [1.54, 1.807) is 4.57 Å². The number of methoxy groups -OCH3 is 1. The summed E-state index contributed by atoms with van der Waals surface area (Å²) in [4.78, 5) is 16.5. The van der Waals surface area contributed by atoms with Gasteiger partial charge in [-0.3, -0.25) is 4.57 Å². The van der Waals surface area contributed by atoms with E-state index in [4.69, 9.17) is 4.74 Å². The van der Waals surface area contributed by atoms with E-state index >= 15 is 0 Å². The molecule has 3 rings (SSSR count). The Morgan fingerprint density at radius 3 is 2.70 bits per heavy atom. The summed E-state index contributed by atoms with van der Waals surface area (Å²) in [6.07, 6.45) is 1.05. The fourth-order valence-corrected chi connectivity index (χ4v) is 3.97. The Balaban J connectivity index is 2.35. The molecule has 1 N–H and O–H groups in total. The number of rotatable bonds is 4. The van der Waals surface area contributed by atoms with Gasteiger partial charge in [0.15, 0.2) is 0 Å². The van der Waals surface area contributed by atoms with E-state index in [9.17, 15) is 9.90 Å². The number of ether oxygens (including phenoxy) is 1. The fraction of sp³-hybridized carbons (Fsp3) is 0.412. The minimum Gasteiger partial charge on any atom is -0.481 e. The molecule has 0 bridgehead atoms. The molecule has 1 aromatic heterocycles. The van der Waals surface area contributed by atoms with Crippen molar-refractivity contribution in [3.05, 3.63) is 57.6 Å². The Morgan fingerprint density at radius 2 is 2.13 bits per heavy atom. The summed E-state index contributed by atoms with van der Waals surface area (Å²) in [5.74, 6) is 0.299. The Morgan fingerprint density at radius 1 is 1.43 bits per heavy atom. The summed E-state index contributed by atoms with van der Waals surface area (Å²) in [7, 11) is 1.50. The molecule has 0 amide bonds. The van der Waals surface area contributed by atoms with Crippen molar-refractivity contribution in [1.29, 1.82) is 0 Å². The van der Waals surface area contributed by atoms with Crippen molar-refractivity contribution < 1.29 is 9.84 Å². The molecule has 1 aliphatic heterocycles. The molecule has 0 spiro atoms. The molecule has 6 heteroatoms. The first-order chi connectivity index (χ1) is 11.1. The van der Waals surface area contributed by atoms with Crippen LogP contribution in [0.1, 0.15) is 36.2 Å². The Kier molecular flexibility index (Phi) is 4.29. The van der Waals surface area contributed by atoms with Crippen LogP contribution in [0.5, 0.6) is 5.88 Å². The summed E-state index contributed by atoms with van der Waals surface area (Å²) in [5, 5.41) is 12.1. The number of aromatic nitrogens is 2. The van der Waals surface area contributed by atoms with Gasteiger partial charge in [-0.25, -0.2) is 4.79 Å². The summed E-state index contributed by atoms with van der Waals surface area (Å²) >= 11 is 3.46. The lowest BCUT2D eigenvalue weighted by atomic mass is 9.86. The van der Waals surface area contributed by atoms with E-state index in [0.717, 1.165) is 11.1 Å². The zero-order valence-electron chi connectivity index (χ0n) is 13.1.